The van der Waals surface area contributed by atoms with Crippen LogP contribution >= 0.6 is 11.5 Å². The Morgan fingerprint density at radius 2 is 2.09 bits per heavy atom. The van der Waals surface area contributed by atoms with E-state index in [-0.39, 0.29) is 6.04 Å². The fourth-order valence-corrected chi connectivity index (χ4v) is 3.59. The number of anilines is 2. The summed E-state index contributed by atoms with van der Waals surface area (Å²) in [6.07, 6.45) is 3.18. The minimum atomic E-state index is 0.269. The highest BCUT2D eigenvalue weighted by Gasteiger charge is 2.28. The van der Waals surface area contributed by atoms with E-state index in [1.54, 1.807) is 12.4 Å². The van der Waals surface area contributed by atoms with Gasteiger partial charge in [-0.1, -0.05) is 13.8 Å². The van der Waals surface area contributed by atoms with Gasteiger partial charge in [0.15, 0.2) is 11.5 Å². The summed E-state index contributed by atoms with van der Waals surface area (Å²) in [6.45, 7) is 8.76. The van der Waals surface area contributed by atoms with Crippen LogP contribution in [-0.4, -0.2) is 45.0 Å². The summed E-state index contributed by atoms with van der Waals surface area (Å²) in [7, 11) is 0. The van der Waals surface area contributed by atoms with E-state index in [0.717, 1.165) is 30.6 Å². The number of rotatable bonds is 3. The molecule has 2 aromatic rings. The lowest BCUT2D eigenvalue weighted by molar-refractivity contribution is 0.544. The monoisotopic (exact) mass is 329 g/mol. The number of hydrogen-bond acceptors (Lipinski definition) is 8. The number of nitrogens with zero attached hydrogens (tertiary/aromatic N) is 7. The van der Waals surface area contributed by atoms with Crippen molar-refractivity contribution in [3.05, 3.63) is 23.9 Å². The van der Waals surface area contributed by atoms with Gasteiger partial charge >= 0.3 is 0 Å². The van der Waals surface area contributed by atoms with Crippen LogP contribution in [0, 0.1) is 11.3 Å². The maximum atomic E-state index is 9.19. The second-order valence-electron chi connectivity index (χ2n) is 5.92. The van der Waals surface area contributed by atoms with Crippen molar-refractivity contribution in [3.8, 4) is 6.07 Å². The van der Waals surface area contributed by atoms with Crippen LogP contribution in [0.4, 0.5) is 10.9 Å². The molecule has 3 rings (SSSR count). The van der Waals surface area contributed by atoms with Gasteiger partial charge in [0.25, 0.3) is 0 Å². The van der Waals surface area contributed by atoms with E-state index in [1.165, 1.54) is 11.5 Å². The molecule has 1 fully saturated rings. The first kappa shape index (κ1) is 15.6. The average molecular weight is 329 g/mol. The first-order valence-electron chi connectivity index (χ1n) is 7.66. The van der Waals surface area contributed by atoms with E-state index in [0.29, 0.717) is 17.4 Å². The van der Waals surface area contributed by atoms with Crippen molar-refractivity contribution in [2.24, 2.45) is 0 Å². The van der Waals surface area contributed by atoms with Crippen molar-refractivity contribution < 1.29 is 0 Å². The van der Waals surface area contributed by atoms with E-state index < -0.39 is 0 Å². The molecule has 0 aromatic carbocycles. The van der Waals surface area contributed by atoms with Gasteiger partial charge in [-0.05, 0) is 6.92 Å². The van der Waals surface area contributed by atoms with Crippen LogP contribution in [0.2, 0.25) is 0 Å². The van der Waals surface area contributed by atoms with Crippen LogP contribution in [0.3, 0.4) is 0 Å². The summed E-state index contributed by atoms with van der Waals surface area (Å²) in [5.74, 6) is 1.91. The normalized spacial score (nSPS) is 18.3. The zero-order valence-corrected chi connectivity index (χ0v) is 14.3. The molecule has 0 amide bonds. The highest BCUT2D eigenvalue weighted by Crippen LogP contribution is 2.27. The standard InChI is InChI=1S/C15H19N7S/c1-10(2)13-19-15(23-20-13)22-7-6-21(9-11(22)3)14-12(8-16)17-4-5-18-14/h4-5,10-11H,6-7,9H2,1-3H3. The largest absolute Gasteiger partial charge is 0.350 e. The van der Waals surface area contributed by atoms with Crippen LogP contribution in [0.5, 0.6) is 0 Å². The topological polar surface area (TPSA) is 81.8 Å². The third-order valence-corrected chi connectivity index (χ3v) is 4.67. The fourth-order valence-electron chi connectivity index (χ4n) is 2.65. The molecule has 1 saturated heterocycles. The highest BCUT2D eigenvalue weighted by molar-refractivity contribution is 7.09. The highest BCUT2D eigenvalue weighted by atomic mass is 32.1. The molecule has 1 aliphatic heterocycles. The minimum absolute atomic E-state index is 0.269. The van der Waals surface area contributed by atoms with E-state index in [1.807, 2.05) is 0 Å². The Labute approximate surface area is 139 Å². The number of nitriles is 1. The summed E-state index contributed by atoms with van der Waals surface area (Å²) < 4.78 is 4.44. The molecule has 0 spiro atoms. The van der Waals surface area contributed by atoms with Gasteiger partial charge in [0, 0.05) is 55.5 Å². The first-order chi connectivity index (χ1) is 11.1. The first-order valence-corrected chi connectivity index (χ1v) is 8.43. The van der Waals surface area contributed by atoms with Crippen molar-refractivity contribution in [3.63, 3.8) is 0 Å². The third-order valence-electron chi connectivity index (χ3n) is 3.90. The molecule has 8 heteroatoms. The van der Waals surface area contributed by atoms with Gasteiger partial charge < -0.3 is 9.80 Å². The third kappa shape index (κ3) is 3.10. The van der Waals surface area contributed by atoms with Crippen LogP contribution in [0.15, 0.2) is 12.4 Å². The molecule has 0 aliphatic carbocycles. The molecular formula is C15H19N7S. The van der Waals surface area contributed by atoms with E-state index in [4.69, 9.17) is 0 Å². The average Bonchev–Trinajstić information content (AvgIpc) is 3.04. The summed E-state index contributed by atoms with van der Waals surface area (Å²) in [5, 5.41) is 10.2. The van der Waals surface area contributed by atoms with Crippen LogP contribution in [0.1, 0.15) is 38.2 Å². The second kappa shape index (κ2) is 6.46. The summed E-state index contributed by atoms with van der Waals surface area (Å²) >= 11 is 1.46. The van der Waals surface area contributed by atoms with Crippen molar-refractivity contribution in [2.75, 3.05) is 29.4 Å². The second-order valence-corrected chi connectivity index (χ2v) is 6.65. The number of aromatic nitrogens is 4. The van der Waals surface area contributed by atoms with Gasteiger partial charge in [-0.25, -0.2) is 15.0 Å². The van der Waals surface area contributed by atoms with Crippen molar-refractivity contribution in [2.45, 2.75) is 32.7 Å². The molecule has 1 unspecified atom stereocenters. The SMILES string of the molecule is CC(C)c1nsc(N2CCN(c3nccnc3C#N)CC2C)n1. The minimum Gasteiger partial charge on any atom is -0.350 e. The Kier molecular flexibility index (Phi) is 4.39. The van der Waals surface area contributed by atoms with Crippen molar-refractivity contribution in [1.29, 1.82) is 5.26 Å². The quantitative estimate of drug-likeness (QED) is 0.852. The Bertz CT molecular complexity index is 721. The Morgan fingerprint density at radius 3 is 2.74 bits per heavy atom. The van der Waals surface area contributed by atoms with Crippen molar-refractivity contribution in [1.82, 2.24) is 19.3 Å². The summed E-state index contributed by atoms with van der Waals surface area (Å²) in [5.41, 5.74) is 0.381. The van der Waals surface area contributed by atoms with Gasteiger partial charge in [0.1, 0.15) is 11.9 Å². The zero-order valence-electron chi connectivity index (χ0n) is 13.5. The lowest BCUT2D eigenvalue weighted by atomic mass is 10.2. The van der Waals surface area contributed by atoms with E-state index in [9.17, 15) is 5.26 Å². The molecule has 0 bridgehead atoms. The lowest BCUT2D eigenvalue weighted by Crippen LogP contribution is -2.52. The molecule has 2 aromatic heterocycles. The van der Waals surface area contributed by atoms with Gasteiger partial charge in [0.05, 0.1) is 0 Å². The molecule has 23 heavy (non-hydrogen) atoms. The molecule has 0 N–H and O–H groups in total. The molecule has 7 nitrogen and oxygen atoms in total. The van der Waals surface area contributed by atoms with E-state index in [2.05, 4.69) is 56.0 Å². The number of hydrogen-bond donors (Lipinski definition) is 0. The molecule has 120 valence electrons. The molecule has 3 heterocycles. The van der Waals surface area contributed by atoms with Crippen molar-refractivity contribution >= 4 is 22.5 Å². The van der Waals surface area contributed by atoms with Crippen LogP contribution in [-0.2, 0) is 0 Å². The molecule has 1 aliphatic rings. The maximum absolute atomic E-state index is 9.19. The van der Waals surface area contributed by atoms with Crippen LogP contribution < -0.4 is 9.80 Å². The van der Waals surface area contributed by atoms with Gasteiger partial charge in [0.2, 0.25) is 5.13 Å². The molecule has 0 radical (unpaired) electrons. The van der Waals surface area contributed by atoms with E-state index >= 15 is 0 Å². The summed E-state index contributed by atoms with van der Waals surface area (Å²) in [4.78, 5) is 17.5. The Balaban J connectivity index is 1.76. The molecular weight excluding hydrogens is 310 g/mol. The smallest absolute Gasteiger partial charge is 0.205 e. The summed E-state index contributed by atoms with van der Waals surface area (Å²) in [6, 6.07) is 2.39. The molecule has 0 saturated carbocycles. The van der Waals surface area contributed by atoms with Gasteiger partial charge in [-0.15, -0.1) is 0 Å². The zero-order chi connectivity index (χ0) is 16.4. The predicted molar refractivity (Wildman–Crippen MR) is 89.8 cm³/mol. The Morgan fingerprint density at radius 1 is 1.30 bits per heavy atom. The number of piperazine rings is 1. The van der Waals surface area contributed by atoms with Crippen LogP contribution in [0.25, 0.3) is 0 Å². The predicted octanol–water partition coefficient (Wildman–Crippen LogP) is 2.04. The maximum Gasteiger partial charge on any atom is 0.205 e. The fraction of sp³-hybridized carbons (Fsp3) is 0.533. The molecule has 1 atom stereocenters. The Hall–Kier alpha value is -2.27. The van der Waals surface area contributed by atoms with Gasteiger partial charge in [-0.3, -0.25) is 0 Å². The van der Waals surface area contributed by atoms with Gasteiger partial charge in [-0.2, -0.15) is 9.64 Å². The lowest BCUT2D eigenvalue weighted by Gasteiger charge is -2.40.